The molecule has 0 bridgehead atoms. The molecule has 0 radical (unpaired) electrons. The second kappa shape index (κ2) is 5.79. The Balaban J connectivity index is 4.68. The molecular weight excluding hydrogens is 224 g/mol. The van der Waals surface area contributed by atoms with Gasteiger partial charge in [0.05, 0.1) is 13.7 Å². The summed E-state index contributed by atoms with van der Waals surface area (Å²) in [7, 11) is 0.943. The summed E-state index contributed by atoms with van der Waals surface area (Å²) in [5.74, 6) is -0.369. The monoisotopic (exact) mass is 248 g/mol. The quantitative estimate of drug-likeness (QED) is 0.552. The number of hydrogen-bond donors (Lipinski definition) is 0. The third-order valence-electron chi connectivity index (χ3n) is 3.03. The van der Waals surface area contributed by atoms with Gasteiger partial charge in [0, 0.05) is 7.11 Å². The summed E-state index contributed by atoms with van der Waals surface area (Å²) in [4.78, 5) is 11.5. The maximum Gasteiger partial charge on any atom is 0.336 e. The lowest BCUT2D eigenvalue weighted by molar-refractivity contribution is -0.151. The third-order valence-corrected chi connectivity index (χ3v) is 7.51. The Morgan fingerprint density at radius 3 is 2.06 bits per heavy atom. The molecule has 16 heavy (non-hydrogen) atoms. The van der Waals surface area contributed by atoms with Crippen molar-refractivity contribution in [3.63, 3.8) is 0 Å². The van der Waals surface area contributed by atoms with E-state index in [1.807, 2.05) is 0 Å². The second-order valence-electron chi connectivity index (χ2n) is 5.35. The molecule has 0 rings (SSSR count). The van der Waals surface area contributed by atoms with Crippen molar-refractivity contribution in [3.05, 3.63) is 0 Å². The molecule has 1 unspecified atom stereocenters. The Hall–Kier alpha value is -0.393. The molecule has 4 nitrogen and oxygen atoms in total. The number of carbonyl (C=O) groups excluding carboxylic acids is 1. The van der Waals surface area contributed by atoms with E-state index in [4.69, 9.17) is 13.9 Å². The zero-order chi connectivity index (χ0) is 13.0. The highest BCUT2D eigenvalue weighted by atomic mass is 28.4. The average Bonchev–Trinajstić information content (AvgIpc) is 2.14. The molecule has 0 aromatic heterocycles. The fourth-order valence-electron chi connectivity index (χ4n) is 0.965. The summed E-state index contributed by atoms with van der Waals surface area (Å²) in [5.41, 5.74) is 0. The van der Waals surface area contributed by atoms with Gasteiger partial charge in [-0.2, -0.15) is 0 Å². The zero-order valence-corrected chi connectivity index (χ0v) is 12.4. The molecule has 1 atom stereocenters. The lowest BCUT2D eigenvalue weighted by Gasteiger charge is -2.38. The molecule has 0 aliphatic carbocycles. The number of methoxy groups -OCH3 is 2. The van der Waals surface area contributed by atoms with E-state index in [9.17, 15) is 4.79 Å². The second-order valence-corrected chi connectivity index (χ2v) is 10.1. The largest absolute Gasteiger partial charge is 0.467 e. The number of rotatable bonds is 5. The summed E-state index contributed by atoms with van der Waals surface area (Å²) in [6.45, 7) is 10.8. The topological polar surface area (TPSA) is 44.8 Å². The summed E-state index contributed by atoms with van der Waals surface area (Å²) >= 11 is 0. The first kappa shape index (κ1) is 15.6. The van der Waals surface area contributed by atoms with Gasteiger partial charge in [-0.1, -0.05) is 20.8 Å². The highest BCUT2D eigenvalue weighted by molar-refractivity contribution is 6.74. The van der Waals surface area contributed by atoms with E-state index in [1.54, 1.807) is 7.11 Å². The molecule has 0 aliphatic heterocycles. The number of carbonyl (C=O) groups is 1. The van der Waals surface area contributed by atoms with Crippen molar-refractivity contribution in [1.29, 1.82) is 0 Å². The van der Waals surface area contributed by atoms with Gasteiger partial charge in [-0.3, -0.25) is 0 Å². The normalized spacial score (nSPS) is 14.7. The van der Waals surface area contributed by atoms with Crippen LogP contribution in [0.1, 0.15) is 20.8 Å². The summed E-state index contributed by atoms with van der Waals surface area (Å²) in [6.07, 6.45) is -0.615. The first-order valence-electron chi connectivity index (χ1n) is 5.40. The highest BCUT2D eigenvalue weighted by Crippen LogP contribution is 2.37. The van der Waals surface area contributed by atoms with Crippen LogP contribution in [0.4, 0.5) is 0 Å². The molecule has 0 fully saturated rings. The number of hydrogen-bond acceptors (Lipinski definition) is 4. The fourth-order valence-corrected chi connectivity index (χ4v) is 2.19. The van der Waals surface area contributed by atoms with Crippen LogP contribution in [0.2, 0.25) is 18.1 Å². The maximum atomic E-state index is 11.5. The molecule has 0 saturated carbocycles. The standard InChI is InChI=1S/C11H24O4Si/c1-11(2,3)16(6,7)15-9(8-13-4)10(12)14-5/h9H,8H2,1-7H3. The maximum absolute atomic E-state index is 11.5. The van der Waals surface area contributed by atoms with Crippen molar-refractivity contribution in [1.82, 2.24) is 0 Å². The minimum Gasteiger partial charge on any atom is -0.467 e. The van der Waals surface area contributed by atoms with Crippen LogP contribution in [0.3, 0.4) is 0 Å². The Bertz CT molecular complexity index is 233. The van der Waals surface area contributed by atoms with Crippen LogP contribution in [0, 0.1) is 0 Å². The van der Waals surface area contributed by atoms with Gasteiger partial charge in [0.25, 0.3) is 0 Å². The van der Waals surface area contributed by atoms with Crippen LogP contribution in [-0.4, -0.2) is 41.2 Å². The molecule has 0 spiro atoms. The molecule has 0 N–H and O–H groups in total. The van der Waals surface area contributed by atoms with Gasteiger partial charge in [-0.25, -0.2) is 4.79 Å². The van der Waals surface area contributed by atoms with Crippen LogP contribution in [0.15, 0.2) is 0 Å². The van der Waals surface area contributed by atoms with Crippen LogP contribution >= 0.6 is 0 Å². The Kier molecular flexibility index (Phi) is 5.65. The number of ether oxygens (including phenoxy) is 2. The van der Waals surface area contributed by atoms with E-state index in [0.29, 0.717) is 0 Å². The van der Waals surface area contributed by atoms with Gasteiger partial charge in [0.2, 0.25) is 0 Å². The van der Waals surface area contributed by atoms with Crippen LogP contribution in [0.5, 0.6) is 0 Å². The van der Waals surface area contributed by atoms with Crippen molar-refractivity contribution in [2.45, 2.75) is 45.0 Å². The molecule has 0 heterocycles. The van der Waals surface area contributed by atoms with E-state index >= 15 is 0 Å². The smallest absolute Gasteiger partial charge is 0.336 e. The minimum absolute atomic E-state index is 0.0625. The van der Waals surface area contributed by atoms with Crippen LogP contribution in [-0.2, 0) is 18.7 Å². The Morgan fingerprint density at radius 1 is 1.25 bits per heavy atom. The van der Waals surface area contributed by atoms with Crippen molar-refractivity contribution in [3.8, 4) is 0 Å². The molecule has 5 heteroatoms. The predicted octanol–water partition coefficient (Wildman–Crippen LogP) is 2.20. The van der Waals surface area contributed by atoms with Gasteiger partial charge < -0.3 is 13.9 Å². The summed E-state index contributed by atoms with van der Waals surface area (Å²) in [5, 5.41) is 0.0625. The molecule has 0 saturated heterocycles. The van der Waals surface area contributed by atoms with Gasteiger partial charge in [-0.05, 0) is 18.1 Å². The van der Waals surface area contributed by atoms with Gasteiger partial charge in [0.15, 0.2) is 14.4 Å². The van der Waals surface area contributed by atoms with E-state index in [0.717, 1.165) is 0 Å². The molecule has 0 aliphatic rings. The molecule has 96 valence electrons. The third kappa shape index (κ3) is 4.23. The van der Waals surface area contributed by atoms with Crippen molar-refractivity contribution in [2.75, 3.05) is 20.8 Å². The van der Waals surface area contributed by atoms with Gasteiger partial charge in [-0.15, -0.1) is 0 Å². The minimum atomic E-state index is -1.97. The van der Waals surface area contributed by atoms with E-state index in [-0.39, 0.29) is 17.6 Å². The lowest BCUT2D eigenvalue weighted by atomic mass is 10.2. The molecule has 0 aromatic carbocycles. The Morgan fingerprint density at radius 2 is 1.75 bits per heavy atom. The summed E-state index contributed by atoms with van der Waals surface area (Å²) in [6, 6.07) is 0. The summed E-state index contributed by atoms with van der Waals surface area (Å²) < 4.78 is 15.6. The average molecular weight is 248 g/mol. The van der Waals surface area contributed by atoms with Crippen molar-refractivity contribution >= 4 is 14.3 Å². The van der Waals surface area contributed by atoms with E-state index in [1.165, 1.54) is 7.11 Å². The Labute approximate surface area is 99.4 Å². The fraction of sp³-hybridized carbons (Fsp3) is 0.909. The van der Waals surface area contributed by atoms with Crippen molar-refractivity contribution in [2.24, 2.45) is 0 Å². The van der Waals surface area contributed by atoms with Gasteiger partial charge >= 0.3 is 5.97 Å². The highest BCUT2D eigenvalue weighted by Gasteiger charge is 2.41. The lowest BCUT2D eigenvalue weighted by Crippen LogP contribution is -2.47. The first-order chi connectivity index (χ1) is 7.15. The zero-order valence-electron chi connectivity index (χ0n) is 11.4. The molecule has 0 aromatic rings. The van der Waals surface area contributed by atoms with Crippen LogP contribution < -0.4 is 0 Å². The van der Waals surface area contributed by atoms with Crippen LogP contribution in [0.25, 0.3) is 0 Å². The van der Waals surface area contributed by atoms with Crippen molar-refractivity contribution < 1.29 is 18.7 Å². The van der Waals surface area contributed by atoms with Gasteiger partial charge in [0.1, 0.15) is 0 Å². The number of esters is 1. The first-order valence-corrected chi connectivity index (χ1v) is 8.31. The SMILES string of the molecule is COCC(O[Si](C)(C)C(C)(C)C)C(=O)OC. The predicted molar refractivity (Wildman–Crippen MR) is 66.0 cm³/mol. The molecular formula is C11H24O4Si. The molecule has 0 amide bonds. The van der Waals surface area contributed by atoms with E-state index < -0.39 is 14.4 Å². The van der Waals surface area contributed by atoms with E-state index in [2.05, 4.69) is 33.9 Å².